The van der Waals surface area contributed by atoms with Gasteiger partial charge in [-0.1, -0.05) is 0 Å². The van der Waals surface area contributed by atoms with E-state index in [2.05, 4.69) is 29.1 Å². The van der Waals surface area contributed by atoms with Crippen LogP contribution in [0.4, 0.5) is 0 Å². The van der Waals surface area contributed by atoms with Gasteiger partial charge in [-0.15, -0.1) is 0 Å². The standard InChI is InChI=1S/C12H26N4O/c1-10-9-16(8-7-15(10)4)6-5-12(2,14-3)11(13)17/h10,14H,5-9H2,1-4H3,(H2,13,17). The first-order valence-corrected chi connectivity index (χ1v) is 6.30. The highest BCUT2D eigenvalue weighted by Crippen LogP contribution is 2.12. The van der Waals surface area contributed by atoms with Crippen LogP contribution in [0.1, 0.15) is 20.3 Å². The number of carbonyl (C=O) groups is 1. The molecule has 1 aliphatic heterocycles. The van der Waals surface area contributed by atoms with Gasteiger partial charge in [0.2, 0.25) is 5.91 Å². The second kappa shape index (κ2) is 5.80. The van der Waals surface area contributed by atoms with Crippen molar-refractivity contribution in [2.24, 2.45) is 5.73 Å². The molecular formula is C12H26N4O. The molecule has 0 bridgehead atoms. The number of rotatable bonds is 5. The Morgan fingerprint density at radius 1 is 1.53 bits per heavy atom. The molecule has 0 aromatic rings. The number of amides is 1. The van der Waals surface area contributed by atoms with Crippen molar-refractivity contribution in [3.8, 4) is 0 Å². The summed E-state index contributed by atoms with van der Waals surface area (Å²) in [5.74, 6) is -0.276. The number of primary amides is 1. The summed E-state index contributed by atoms with van der Waals surface area (Å²) < 4.78 is 0. The molecule has 0 aromatic carbocycles. The van der Waals surface area contributed by atoms with Crippen molar-refractivity contribution in [2.45, 2.75) is 31.8 Å². The predicted molar refractivity (Wildman–Crippen MR) is 69.8 cm³/mol. The van der Waals surface area contributed by atoms with Gasteiger partial charge in [-0.2, -0.15) is 0 Å². The van der Waals surface area contributed by atoms with Gasteiger partial charge in [0.1, 0.15) is 0 Å². The Morgan fingerprint density at radius 3 is 2.65 bits per heavy atom. The molecular weight excluding hydrogens is 216 g/mol. The Kier molecular flexibility index (Phi) is 4.91. The number of nitrogens with one attached hydrogen (secondary N) is 1. The molecule has 1 amide bonds. The molecule has 0 aliphatic carbocycles. The van der Waals surface area contributed by atoms with E-state index >= 15 is 0 Å². The molecule has 2 atom stereocenters. The maximum Gasteiger partial charge on any atom is 0.237 e. The third kappa shape index (κ3) is 3.66. The van der Waals surface area contributed by atoms with Crippen LogP contribution in [0.3, 0.4) is 0 Å². The van der Waals surface area contributed by atoms with Crippen molar-refractivity contribution in [1.29, 1.82) is 0 Å². The highest BCUT2D eigenvalue weighted by Gasteiger charge is 2.30. The number of hydrogen-bond acceptors (Lipinski definition) is 4. The van der Waals surface area contributed by atoms with Gasteiger partial charge in [0.25, 0.3) is 0 Å². The van der Waals surface area contributed by atoms with E-state index in [1.165, 1.54) is 0 Å². The van der Waals surface area contributed by atoms with Gasteiger partial charge in [0, 0.05) is 32.2 Å². The fourth-order valence-corrected chi connectivity index (χ4v) is 2.08. The van der Waals surface area contributed by atoms with Crippen molar-refractivity contribution >= 4 is 5.91 Å². The maximum atomic E-state index is 11.4. The first-order chi connectivity index (χ1) is 7.89. The molecule has 3 N–H and O–H groups in total. The van der Waals surface area contributed by atoms with Crippen LogP contribution in [0.5, 0.6) is 0 Å². The zero-order valence-corrected chi connectivity index (χ0v) is 11.5. The number of nitrogens with two attached hydrogens (primary N) is 1. The highest BCUT2D eigenvalue weighted by atomic mass is 16.1. The molecule has 0 saturated carbocycles. The quantitative estimate of drug-likeness (QED) is 0.681. The van der Waals surface area contributed by atoms with Gasteiger partial charge in [0.15, 0.2) is 0 Å². The van der Waals surface area contributed by atoms with E-state index < -0.39 is 5.54 Å². The number of piperazine rings is 1. The van der Waals surface area contributed by atoms with Crippen LogP contribution < -0.4 is 11.1 Å². The molecule has 1 aliphatic rings. The van der Waals surface area contributed by atoms with Crippen LogP contribution in [0.25, 0.3) is 0 Å². The summed E-state index contributed by atoms with van der Waals surface area (Å²) in [5.41, 5.74) is 4.83. The van der Waals surface area contributed by atoms with E-state index in [9.17, 15) is 4.79 Å². The minimum Gasteiger partial charge on any atom is -0.368 e. The molecule has 1 rings (SSSR count). The molecule has 5 heteroatoms. The summed E-state index contributed by atoms with van der Waals surface area (Å²) in [4.78, 5) is 16.1. The molecule has 5 nitrogen and oxygen atoms in total. The lowest BCUT2D eigenvalue weighted by Crippen LogP contribution is -2.55. The zero-order chi connectivity index (χ0) is 13.1. The fraction of sp³-hybridized carbons (Fsp3) is 0.917. The average Bonchev–Trinajstić information content (AvgIpc) is 2.30. The normalized spacial score (nSPS) is 26.7. The van der Waals surface area contributed by atoms with E-state index in [0.717, 1.165) is 32.6 Å². The molecule has 100 valence electrons. The summed E-state index contributed by atoms with van der Waals surface area (Å²) in [5, 5.41) is 3.03. The summed E-state index contributed by atoms with van der Waals surface area (Å²) in [6, 6.07) is 0.582. The number of nitrogens with zero attached hydrogens (tertiary/aromatic N) is 2. The van der Waals surface area contributed by atoms with Gasteiger partial charge in [-0.25, -0.2) is 0 Å². The molecule has 0 radical (unpaired) electrons. The lowest BCUT2D eigenvalue weighted by Gasteiger charge is -2.39. The maximum absolute atomic E-state index is 11.4. The first kappa shape index (κ1) is 14.4. The van der Waals surface area contributed by atoms with Crippen LogP contribution in [-0.2, 0) is 4.79 Å². The first-order valence-electron chi connectivity index (χ1n) is 6.30. The van der Waals surface area contributed by atoms with Gasteiger partial charge < -0.3 is 20.9 Å². The van der Waals surface area contributed by atoms with Crippen LogP contribution in [0.2, 0.25) is 0 Å². The van der Waals surface area contributed by atoms with Gasteiger partial charge in [-0.05, 0) is 34.4 Å². The summed E-state index contributed by atoms with van der Waals surface area (Å²) in [6.45, 7) is 8.24. The van der Waals surface area contributed by atoms with Crippen molar-refractivity contribution in [3.05, 3.63) is 0 Å². The van der Waals surface area contributed by atoms with Crippen molar-refractivity contribution in [3.63, 3.8) is 0 Å². The van der Waals surface area contributed by atoms with E-state index in [0.29, 0.717) is 6.04 Å². The molecule has 2 unspecified atom stereocenters. The Hall–Kier alpha value is -0.650. The van der Waals surface area contributed by atoms with E-state index in [1.54, 1.807) is 7.05 Å². The smallest absolute Gasteiger partial charge is 0.237 e. The van der Waals surface area contributed by atoms with Crippen molar-refractivity contribution < 1.29 is 4.79 Å². The molecule has 1 heterocycles. The molecule has 0 spiro atoms. The Balaban J connectivity index is 2.43. The third-order valence-corrected chi connectivity index (χ3v) is 4.07. The topological polar surface area (TPSA) is 61.6 Å². The Bertz CT molecular complexity index is 271. The Morgan fingerprint density at radius 2 is 2.18 bits per heavy atom. The SMILES string of the molecule is CNC(C)(CCN1CCN(C)C(C)C1)C(N)=O. The molecule has 0 aromatic heterocycles. The minimum atomic E-state index is -0.591. The van der Waals surface area contributed by atoms with Crippen molar-refractivity contribution in [1.82, 2.24) is 15.1 Å². The largest absolute Gasteiger partial charge is 0.368 e. The third-order valence-electron chi connectivity index (χ3n) is 4.07. The lowest BCUT2D eigenvalue weighted by atomic mass is 9.96. The van der Waals surface area contributed by atoms with E-state index in [1.807, 2.05) is 6.92 Å². The summed E-state index contributed by atoms with van der Waals surface area (Å²) in [6.07, 6.45) is 0.759. The van der Waals surface area contributed by atoms with Crippen LogP contribution in [-0.4, -0.2) is 67.6 Å². The van der Waals surface area contributed by atoms with Crippen LogP contribution >= 0.6 is 0 Å². The Labute approximate surface area is 104 Å². The second-order valence-corrected chi connectivity index (χ2v) is 5.33. The highest BCUT2D eigenvalue weighted by molar-refractivity contribution is 5.84. The van der Waals surface area contributed by atoms with Gasteiger partial charge in [-0.3, -0.25) is 4.79 Å². The molecule has 17 heavy (non-hydrogen) atoms. The van der Waals surface area contributed by atoms with Crippen LogP contribution in [0.15, 0.2) is 0 Å². The van der Waals surface area contributed by atoms with Crippen LogP contribution in [0, 0.1) is 0 Å². The monoisotopic (exact) mass is 242 g/mol. The average molecular weight is 242 g/mol. The fourth-order valence-electron chi connectivity index (χ4n) is 2.08. The van der Waals surface area contributed by atoms with Crippen molar-refractivity contribution in [2.75, 3.05) is 40.3 Å². The number of hydrogen-bond donors (Lipinski definition) is 2. The molecule has 1 fully saturated rings. The lowest BCUT2D eigenvalue weighted by molar-refractivity contribution is -0.124. The number of carbonyl (C=O) groups excluding carboxylic acids is 1. The molecule has 1 saturated heterocycles. The van der Waals surface area contributed by atoms with E-state index in [-0.39, 0.29) is 5.91 Å². The predicted octanol–water partition coefficient (Wildman–Crippen LogP) is -0.524. The van der Waals surface area contributed by atoms with E-state index in [4.69, 9.17) is 5.73 Å². The number of likely N-dealkylation sites (N-methyl/N-ethyl adjacent to an activating group) is 2. The summed E-state index contributed by atoms with van der Waals surface area (Å²) >= 11 is 0. The van der Waals surface area contributed by atoms with Gasteiger partial charge >= 0.3 is 0 Å². The second-order valence-electron chi connectivity index (χ2n) is 5.33. The minimum absolute atomic E-state index is 0.276. The summed E-state index contributed by atoms with van der Waals surface area (Å²) in [7, 11) is 3.94. The van der Waals surface area contributed by atoms with Gasteiger partial charge in [0.05, 0.1) is 5.54 Å². The zero-order valence-electron chi connectivity index (χ0n) is 11.5.